The van der Waals surface area contributed by atoms with Crippen molar-refractivity contribution in [2.45, 2.75) is 13.3 Å². The van der Waals surface area contributed by atoms with Crippen LogP contribution in [0.3, 0.4) is 0 Å². The minimum Gasteiger partial charge on any atom is -0.384 e. The average molecular weight is 236 g/mol. The van der Waals surface area contributed by atoms with Gasteiger partial charge in [0.05, 0.1) is 5.69 Å². The molecule has 0 saturated carbocycles. The molecule has 1 aromatic heterocycles. The molecule has 1 heterocycles. The largest absolute Gasteiger partial charge is 0.384 e. The normalized spacial score (nSPS) is 10.7. The molecule has 0 spiro atoms. The van der Waals surface area contributed by atoms with Crippen LogP contribution in [0, 0.1) is 0 Å². The van der Waals surface area contributed by atoms with Crippen molar-refractivity contribution in [1.82, 2.24) is 9.78 Å². The topological polar surface area (TPSA) is 43.8 Å². The number of nitrogens with two attached hydrogens (primary N) is 1. The summed E-state index contributed by atoms with van der Waals surface area (Å²) in [5.74, 6) is 0.729. The van der Waals surface area contributed by atoms with Crippen molar-refractivity contribution in [2.75, 3.05) is 5.73 Å². The van der Waals surface area contributed by atoms with Crippen LogP contribution in [0.15, 0.2) is 24.3 Å². The summed E-state index contributed by atoms with van der Waals surface area (Å²) in [6.45, 7) is 2.08. The lowest BCUT2D eigenvalue weighted by Gasteiger charge is -2.00. The zero-order valence-electron chi connectivity index (χ0n) is 9.37. The third-order valence-electron chi connectivity index (χ3n) is 2.66. The fraction of sp³-hybridized carbons (Fsp3) is 0.250. The van der Waals surface area contributed by atoms with E-state index in [2.05, 4.69) is 12.0 Å². The summed E-state index contributed by atoms with van der Waals surface area (Å²) in [4.78, 5) is 0. The Morgan fingerprint density at radius 3 is 2.50 bits per heavy atom. The molecule has 0 aliphatic rings. The number of aryl methyl sites for hydroxylation is 1. The van der Waals surface area contributed by atoms with Crippen LogP contribution in [0.25, 0.3) is 11.3 Å². The summed E-state index contributed by atoms with van der Waals surface area (Å²) in [6, 6.07) is 7.65. The molecule has 0 radical (unpaired) electrons. The van der Waals surface area contributed by atoms with E-state index >= 15 is 0 Å². The van der Waals surface area contributed by atoms with E-state index in [1.165, 1.54) is 0 Å². The maximum Gasteiger partial charge on any atom is 0.125 e. The van der Waals surface area contributed by atoms with Crippen molar-refractivity contribution < 1.29 is 0 Å². The summed E-state index contributed by atoms with van der Waals surface area (Å²) in [7, 11) is 1.86. The van der Waals surface area contributed by atoms with Gasteiger partial charge in [0, 0.05) is 23.2 Å². The fourth-order valence-electron chi connectivity index (χ4n) is 1.77. The Kier molecular flexibility index (Phi) is 2.88. The van der Waals surface area contributed by atoms with Crippen LogP contribution in [-0.4, -0.2) is 9.78 Å². The molecule has 0 amide bonds. The van der Waals surface area contributed by atoms with Gasteiger partial charge in [-0.2, -0.15) is 5.10 Å². The highest BCUT2D eigenvalue weighted by atomic mass is 35.5. The van der Waals surface area contributed by atoms with Gasteiger partial charge in [0.25, 0.3) is 0 Å². The summed E-state index contributed by atoms with van der Waals surface area (Å²) >= 11 is 5.86. The van der Waals surface area contributed by atoms with E-state index in [1.807, 2.05) is 31.3 Å². The van der Waals surface area contributed by atoms with E-state index in [0.29, 0.717) is 0 Å². The van der Waals surface area contributed by atoms with Gasteiger partial charge in [0.1, 0.15) is 5.82 Å². The van der Waals surface area contributed by atoms with Crippen LogP contribution in [0.5, 0.6) is 0 Å². The van der Waals surface area contributed by atoms with Crippen LogP contribution >= 0.6 is 11.6 Å². The highest BCUT2D eigenvalue weighted by Crippen LogP contribution is 2.27. The van der Waals surface area contributed by atoms with E-state index in [0.717, 1.165) is 34.1 Å². The smallest absolute Gasteiger partial charge is 0.125 e. The third-order valence-corrected chi connectivity index (χ3v) is 2.92. The Morgan fingerprint density at radius 2 is 1.94 bits per heavy atom. The predicted molar refractivity (Wildman–Crippen MR) is 67.4 cm³/mol. The Balaban J connectivity index is 2.55. The van der Waals surface area contributed by atoms with Gasteiger partial charge in [0.15, 0.2) is 0 Å². The molecule has 2 N–H and O–H groups in total. The molecule has 0 bridgehead atoms. The molecule has 1 aromatic carbocycles. The maximum absolute atomic E-state index is 5.96. The molecule has 4 heteroatoms. The van der Waals surface area contributed by atoms with Crippen LogP contribution in [0.4, 0.5) is 5.82 Å². The zero-order chi connectivity index (χ0) is 11.7. The Hall–Kier alpha value is -1.48. The summed E-state index contributed by atoms with van der Waals surface area (Å²) in [6.07, 6.45) is 0.873. The standard InChI is InChI=1S/C12H14ClN3/c1-3-10-11(15-16(2)12(10)14)8-4-6-9(13)7-5-8/h4-7H,3,14H2,1-2H3. The number of anilines is 1. The van der Waals surface area contributed by atoms with Crippen molar-refractivity contribution in [2.24, 2.45) is 7.05 Å². The number of hydrogen-bond donors (Lipinski definition) is 1. The molecule has 16 heavy (non-hydrogen) atoms. The number of nitrogen functional groups attached to an aromatic ring is 1. The van der Waals surface area contributed by atoms with Gasteiger partial charge in [-0.05, 0) is 18.6 Å². The molecule has 0 fully saturated rings. The molecule has 2 rings (SSSR count). The highest BCUT2D eigenvalue weighted by Gasteiger charge is 2.13. The Morgan fingerprint density at radius 1 is 1.31 bits per heavy atom. The van der Waals surface area contributed by atoms with Crippen LogP contribution in [0.1, 0.15) is 12.5 Å². The second-order valence-corrected chi connectivity index (χ2v) is 4.13. The minimum absolute atomic E-state index is 0.728. The molecule has 0 aliphatic heterocycles. The minimum atomic E-state index is 0.728. The zero-order valence-corrected chi connectivity index (χ0v) is 10.1. The van der Waals surface area contributed by atoms with Gasteiger partial charge < -0.3 is 5.73 Å². The predicted octanol–water partition coefficient (Wildman–Crippen LogP) is 2.89. The van der Waals surface area contributed by atoms with E-state index in [9.17, 15) is 0 Å². The SMILES string of the molecule is CCc1c(-c2ccc(Cl)cc2)nn(C)c1N. The Bertz CT molecular complexity index is 500. The van der Waals surface area contributed by atoms with Gasteiger partial charge in [0.2, 0.25) is 0 Å². The molecular formula is C12H14ClN3. The van der Waals surface area contributed by atoms with E-state index < -0.39 is 0 Å². The maximum atomic E-state index is 5.96. The fourth-order valence-corrected chi connectivity index (χ4v) is 1.90. The van der Waals surface area contributed by atoms with E-state index in [4.69, 9.17) is 17.3 Å². The molecule has 3 nitrogen and oxygen atoms in total. The van der Waals surface area contributed by atoms with Gasteiger partial charge in [-0.25, -0.2) is 0 Å². The summed E-state index contributed by atoms with van der Waals surface area (Å²) in [5, 5.41) is 5.16. The van der Waals surface area contributed by atoms with Gasteiger partial charge in [-0.3, -0.25) is 4.68 Å². The lowest BCUT2D eigenvalue weighted by atomic mass is 10.1. The second-order valence-electron chi connectivity index (χ2n) is 3.70. The number of aromatic nitrogens is 2. The van der Waals surface area contributed by atoms with Crippen molar-refractivity contribution in [1.29, 1.82) is 0 Å². The lowest BCUT2D eigenvalue weighted by Crippen LogP contribution is -1.98. The third kappa shape index (κ3) is 1.78. The van der Waals surface area contributed by atoms with Crippen molar-refractivity contribution in [3.63, 3.8) is 0 Å². The highest BCUT2D eigenvalue weighted by molar-refractivity contribution is 6.30. The van der Waals surface area contributed by atoms with E-state index in [1.54, 1.807) is 4.68 Å². The molecule has 84 valence electrons. The number of hydrogen-bond acceptors (Lipinski definition) is 2. The van der Waals surface area contributed by atoms with Crippen molar-refractivity contribution in [3.05, 3.63) is 34.9 Å². The molecule has 0 aliphatic carbocycles. The van der Waals surface area contributed by atoms with Gasteiger partial charge >= 0.3 is 0 Å². The number of halogens is 1. The molecular weight excluding hydrogens is 222 g/mol. The molecule has 0 atom stereocenters. The summed E-state index contributed by atoms with van der Waals surface area (Å²) in [5.41, 5.74) is 9.04. The lowest BCUT2D eigenvalue weighted by molar-refractivity contribution is 0.781. The quantitative estimate of drug-likeness (QED) is 0.870. The van der Waals surface area contributed by atoms with Gasteiger partial charge in [-0.15, -0.1) is 0 Å². The first-order valence-electron chi connectivity index (χ1n) is 5.20. The first-order valence-corrected chi connectivity index (χ1v) is 5.58. The Labute approximate surface area is 99.8 Å². The van der Waals surface area contributed by atoms with Crippen LogP contribution in [-0.2, 0) is 13.5 Å². The number of rotatable bonds is 2. The molecule has 0 unspecified atom stereocenters. The average Bonchev–Trinajstić information content (AvgIpc) is 2.56. The van der Waals surface area contributed by atoms with Crippen molar-refractivity contribution in [3.8, 4) is 11.3 Å². The molecule has 0 saturated heterocycles. The monoisotopic (exact) mass is 235 g/mol. The molecule has 2 aromatic rings. The first-order chi connectivity index (χ1) is 7.63. The number of nitrogens with zero attached hydrogens (tertiary/aromatic N) is 2. The van der Waals surface area contributed by atoms with Crippen molar-refractivity contribution >= 4 is 17.4 Å². The van der Waals surface area contributed by atoms with Crippen LogP contribution < -0.4 is 5.73 Å². The summed E-state index contributed by atoms with van der Waals surface area (Å²) < 4.78 is 1.71. The van der Waals surface area contributed by atoms with Crippen LogP contribution in [0.2, 0.25) is 5.02 Å². The first kappa shape index (κ1) is 11.0. The second kappa shape index (κ2) is 4.18. The van der Waals surface area contributed by atoms with Gasteiger partial charge in [-0.1, -0.05) is 30.7 Å². The number of benzene rings is 1. The van der Waals surface area contributed by atoms with E-state index in [-0.39, 0.29) is 0 Å².